The van der Waals surface area contributed by atoms with Gasteiger partial charge in [-0.05, 0) is 43.7 Å². The Kier molecular flexibility index (Phi) is 4.71. The van der Waals surface area contributed by atoms with Crippen LogP contribution < -0.4 is 16.0 Å². The van der Waals surface area contributed by atoms with E-state index in [-0.39, 0.29) is 5.91 Å². The second kappa shape index (κ2) is 6.93. The van der Waals surface area contributed by atoms with E-state index < -0.39 is 0 Å². The molecule has 0 spiro atoms. The highest BCUT2D eigenvalue weighted by Gasteiger charge is 2.16. The maximum absolute atomic E-state index is 12.5. The first-order valence-corrected chi connectivity index (χ1v) is 8.15. The summed E-state index contributed by atoms with van der Waals surface area (Å²) in [5.74, 6) is -0.112. The van der Waals surface area contributed by atoms with Crippen molar-refractivity contribution in [2.24, 2.45) is 0 Å². The van der Waals surface area contributed by atoms with Crippen molar-refractivity contribution < 1.29 is 9.53 Å². The van der Waals surface area contributed by atoms with E-state index in [4.69, 9.17) is 10.5 Å². The van der Waals surface area contributed by atoms with Gasteiger partial charge in [0.2, 0.25) is 0 Å². The Bertz CT molecular complexity index is 752. The minimum atomic E-state index is -0.112. The summed E-state index contributed by atoms with van der Waals surface area (Å²) in [4.78, 5) is 14.7. The van der Waals surface area contributed by atoms with E-state index in [2.05, 4.69) is 10.2 Å². The number of nitrogens with two attached hydrogens (primary N) is 1. The Hall–Kier alpha value is -2.53. The highest BCUT2D eigenvalue weighted by atomic mass is 16.5. The third kappa shape index (κ3) is 3.51. The minimum absolute atomic E-state index is 0.112. The molecule has 2 aromatic rings. The van der Waals surface area contributed by atoms with Crippen molar-refractivity contribution in [1.29, 1.82) is 0 Å². The SMILES string of the molecule is Cc1cccc(C(=O)Nc2cc(N3CCOCC3)c(N)cc2C)c1. The molecule has 5 heteroatoms. The van der Waals surface area contributed by atoms with Gasteiger partial charge in [0.05, 0.1) is 24.6 Å². The zero-order valence-corrected chi connectivity index (χ0v) is 14.1. The first-order chi connectivity index (χ1) is 11.5. The van der Waals surface area contributed by atoms with Gasteiger partial charge < -0.3 is 20.7 Å². The van der Waals surface area contributed by atoms with Gasteiger partial charge in [0.25, 0.3) is 5.91 Å². The van der Waals surface area contributed by atoms with Gasteiger partial charge in [-0.2, -0.15) is 0 Å². The fourth-order valence-electron chi connectivity index (χ4n) is 2.91. The number of benzene rings is 2. The molecule has 0 saturated carbocycles. The molecule has 0 unspecified atom stereocenters. The summed E-state index contributed by atoms with van der Waals surface area (Å²) in [6.07, 6.45) is 0. The van der Waals surface area contributed by atoms with Gasteiger partial charge in [0.15, 0.2) is 0 Å². The zero-order valence-electron chi connectivity index (χ0n) is 14.1. The van der Waals surface area contributed by atoms with Gasteiger partial charge in [-0.1, -0.05) is 17.7 Å². The van der Waals surface area contributed by atoms with Gasteiger partial charge in [-0.25, -0.2) is 0 Å². The maximum atomic E-state index is 12.5. The molecular weight excluding hydrogens is 302 g/mol. The molecule has 0 aliphatic carbocycles. The van der Waals surface area contributed by atoms with E-state index in [1.54, 1.807) is 0 Å². The molecule has 0 aromatic heterocycles. The maximum Gasteiger partial charge on any atom is 0.255 e. The van der Waals surface area contributed by atoms with E-state index in [1.807, 2.05) is 50.2 Å². The lowest BCUT2D eigenvalue weighted by Crippen LogP contribution is -2.36. The summed E-state index contributed by atoms with van der Waals surface area (Å²) in [6.45, 7) is 6.92. The molecule has 1 aliphatic heterocycles. The molecular formula is C19H23N3O2. The average Bonchev–Trinajstić information content (AvgIpc) is 2.58. The number of morpholine rings is 1. The first kappa shape index (κ1) is 16.3. The molecule has 1 saturated heterocycles. The number of hydrogen-bond donors (Lipinski definition) is 2. The quantitative estimate of drug-likeness (QED) is 0.851. The number of carbonyl (C=O) groups is 1. The van der Waals surface area contributed by atoms with Crippen molar-refractivity contribution >= 4 is 23.0 Å². The summed E-state index contributed by atoms with van der Waals surface area (Å²) in [7, 11) is 0. The normalized spacial score (nSPS) is 14.5. The number of anilines is 3. The van der Waals surface area contributed by atoms with Gasteiger partial charge in [-0.15, -0.1) is 0 Å². The lowest BCUT2D eigenvalue weighted by atomic mass is 10.1. The van der Waals surface area contributed by atoms with Crippen LogP contribution in [0.25, 0.3) is 0 Å². The lowest BCUT2D eigenvalue weighted by Gasteiger charge is -2.30. The van der Waals surface area contributed by atoms with E-state index in [1.165, 1.54) is 0 Å². The predicted molar refractivity (Wildman–Crippen MR) is 97.8 cm³/mol. The summed E-state index contributed by atoms with van der Waals surface area (Å²) in [5, 5.41) is 3.01. The fourth-order valence-corrected chi connectivity index (χ4v) is 2.91. The number of nitrogens with one attached hydrogen (secondary N) is 1. The Morgan fingerprint density at radius 2 is 1.92 bits per heavy atom. The molecule has 24 heavy (non-hydrogen) atoms. The van der Waals surface area contributed by atoms with E-state index in [9.17, 15) is 4.79 Å². The van der Waals surface area contributed by atoms with Gasteiger partial charge in [0, 0.05) is 24.3 Å². The third-order valence-corrected chi connectivity index (χ3v) is 4.25. The number of hydrogen-bond acceptors (Lipinski definition) is 4. The van der Waals surface area contributed by atoms with E-state index in [0.717, 1.165) is 41.3 Å². The number of amides is 1. The fraction of sp³-hybridized carbons (Fsp3) is 0.316. The Morgan fingerprint density at radius 3 is 2.62 bits per heavy atom. The molecule has 1 amide bonds. The Labute approximate surface area is 142 Å². The van der Waals surface area contributed by atoms with Gasteiger partial charge in [-0.3, -0.25) is 4.79 Å². The van der Waals surface area contributed by atoms with Crippen molar-refractivity contribution in [2.45, 2.75) is 13.8 Å². The number of carbonyl (C=O) groups excluding carboxylic acids is 1. The number of ether oxygens (including phenoxy) is 1. The molecule has 5 nitrogen and oxygen atoms in total. The van der Waals surface area contributed by atoms with E-state index >= 15 is 0 Å². The molecule has 2 aromatic carbocycles. The average molecular weight is 325 g/mol. The second-order valence-corrected chi connectivity index (χ2v) is 6.15. The summed E-state index contributed by atoms with van der Waals surface area (Å²) >= 11 is 0. The summed E-state index contributed by atoms with van der Waals surface area (Å²) < 4.78 is 5.40. The number of rotatable bonds is 3. The van der Waals surface area contributed by atoms with E-state index in [0.29, 0.717) is 18.8 Å². The van der Waals surface area contributed by atoms with Crippen LogP contribution in [0.1, 0.15) is 21.5 Å². The lowest BCUT2D eigenvalue weighted by molar-refractivity contribution is 0.102. The molecule has 1 heterocycles. The Balaban J connectivity index is 1.86. The topological polar surface area (TPSA) is 67.6 Å². The van der Waals surface area contributed by atoms with Crippen LogP contribution in [0.4, 0.5) is 17.1 Å². The Morgan fingerprint density at radius 1 is 1.17 bits per heavy atom. The second-order valence-electron chi connectivity index (χ2n) is 6.15. The molecule has 0 radical (unpaired) electrons. The standard InChI is InChI=1S/C19H23N3O2/c1-13-4-3-5-15(10-13)19(23)21-17-12-18(16(20)11-14(17)2)22-6-8-24-9-7-22/h3-5,10-12H,6-9,20H2,1-2H3,(H,21,23). The number of nitrogen functional groups attached to an aromatic ring is 1. The van der Waals surface area contributed by atoms with Crippen molar-refractivity contribution in [3.63, 3.8) is 0 Å². The third-order valence-electron chi connectivity index (χ3n) is 4.25. The molecule has 1 aliphatic rings. The van der Waals surface area contributed by atoms with Crippen LogP contribution in [0.2, 0.25) is 0 Å². The largest absolute Gasteiger partial charge is 0.397 e. The monoisotopic (exact) mass is 325 g/mol. The molecule has 0 atom stereocenters. The predicted octanol–water partition coefficient (Wildman–Crippen LogP) is 2.97. The summed E-state index contributed by atoms with van der Waals surface area (Å²) in [5.41, 5.74) is 11.3. The van der Waals surface area contributed by atoms with Gasteiger partial charge >= 0.3 is 0 Å². The molecule has 3 N–H and O–H groups in total. The zero-order chi connectivity index (χ0) is 17.1. The number of aryl methyl sites for hydroxylation is 2. The van der Waals surface area contributed by atoms with Crippen molar-refractivity contribution in [1.82, 2.24) is 0 Å². The van der Waals surface area contributed by atoms with Crippen LogP contribution in [0.3, 0.4) is 0 Å². The smallest absolute Gasteiger partial charge is 0.255 e. The summed E-state index contributed by atoms with van der Waals surface area (Å²) in [6, 6.07) is 11.4. The van der Waals surface area contributed by atoms with Crippen LogP contribution in [-0.4, -0.2) is 32.2 Å². The highest BCUT2D eigenvalue weighted by Crippen LogP contribution is 2.31. The van der Waals surface area contributed by atoms with Crippen molar-refractivity contribution in [3.05, 3.63) is 53.1 Å². The van der Waals surface area contributed by atoms with Crippen molar-refractivity contribution in [3.8, 4) is 0 Å². The molecule has 3 rings (SSSR count). The van der Waals surface area contributed by atoms with Crippen LogP contribution in [0.5, 0.6) is 0 Å². The molecule has 126 valence electrons. The molecule has 0 bridgehead atoms. The van der Waals surface area contributed by atoms with Crippen LogP contribution >= 0.6 is 0 Å². The minimum Gasteiger partial charge on any atom is -0.397 e. The molecule has 1 fully saturated rings. The van der Waals surface area contributed by atoms with Crippen LogP contribution in [0.15, 0.2) is 36.4 Å². The first-order valence-electron chi connectivity index (χ1n) is 8.15. The highest BCUT2D eigenvalue weighted by molar-refractivity contribution is 6.05. The van der Waals surface area contributed by atoms with Crippen LogP contribution in [-0.2, 0) is 4.74 Å². The number of nitrogens with zero attached hydrogens (tertiary/aromatic N) is 1. The van der Waals surface area contributed by atoms with Crippen LogP contribution in [0, 0.1) is 13.8 Å². The van der Waals surface area contributed by atoms with Crippen molar-refractivity contribution in [2.75, 3.05) is 42.3 Å². The van der Waals surface area contributed by atoms with Gasteiger partial charge in [0.1, 0.15) is 0 Å².